The van der Waals surface area contributed by atoms with Crippen LogP contribution < -0.4 is 14.8 Å². The van der Waals surface area contributed by atoms with Gasteiger partial charge in [0.05, 0.1) is 16.3 Å². The number of amides is 2. The minimum Gasteiger partial charge on any atom is -0.473 e. The lowest BCUT2D eigenvalue weighted by molar-refractivity contribution is -0.123. The van der Waals surface area contributed by atoms with Crippen molar-refractivity contribution in [3.8, 4) is 16.6 Å². The van der Waals surface area contributed by atoms with Crippen LogP contribution in [0.4, 0.5) is 13.9 Å². The number of aromatic nitrogens is 1. The monoisotopic (exact) mass is 653 g/mol. The summed E-state index contributed by atoms with van der Waals surface area (Å²) < 4.78 is 64.8. The normalized spacial score (nSPS) is 15.7. The molecule has 1 unspecified atom stereocenters. The topological polar surface area (TPSA) is 115 Å². The number of sulfone groups is 1. The fourth-order valence-electron chi connectivity index (χ4n) is 4.97. The molecule has 45 heavy (non-hydrogen) atoms. The van der Waals surface area contributed by atoms with Crippen molar-refractivity contribution in [2.45, 2.75) is 48.4 Å². The second-order valence-electron chi connectivity index (χ2n) is 10.8. The van der Waals surface area contributed by atoms with Crippen molar-refractivity contribution in [3.63, 3.8) is 0 Å². The maximum absolute atomic E-state index is 14.5. The summed E-state index contributed by atoms with van der Waals surface area (Å²) in [5.74, 6) is -2.44. The number of likely N-dealkylation sites (tertiary alicyclic amines) is 1. The Kier molecular flexibility index (Phi) is 8.81. The lowest BCUT2D eigenvalue weighted by Gasteiger charge is -2.26. The first-order valence-corrected chi connectivity index (χ1v) is 16.8. The third-order valence-corrected chi connectivity index (χ3v) is 10.6. The summed E-state index contributed by atoms with van der Waals surface area (Å²) in [6.45, 7) is 1.51. The van der Waals surface area contributed by atoms with Gasteiger partial charge in [-0.25, -0.2) is 22.2 Å². The number of nitrogens with one attached hydrogen (secondary N) is 1. The van der Waals surface area contributed by atoms with Crippen molar-refractivity contribution in [3.05, 3.63) is 95.7 Å². The number of hydrogen-bond acceptors (Lipinski definition) is 8. The number of halogens is 2. The first-order chi connectivity index (χ1) is 21.7. The predicted octanol–water partition coefficient (Wildman–Crippen LogP) is 6.53. The molecule has 0 radical (unpaired) electrons. The van der Waals surface area contributed by atoms with Crippen molar-refractivity contribution in [1.29, 1.82) is 0 Å². The van der Waals surface area contributed by atoms with Gasteiger partial charge in [0.2, 0.25) is 11.2 Å². The van der Waals surface area contributed by atoms with Gasteiger partial charge in [0.15, 0.2) is 26.5 Å². The molecule has 1 saturated carbocycles. The van der Waals surface area contributed by atoms with Crippen LogP contribution >= 0.6 is 11.3 Å². The largest absolute Gasteiger partial charge is 0.473 e. The molecule has 0 bridgehead atoms. The van der Waals surface area contributed by atoms with E-state index in [1.165, 1.54) is 30.5 Å². The molecular formula is C32H29F2N3O6S2. The smallest absolute Gasteiger partial charge is 0.271 e. The maximum atomic E-state index is 14.5. The summed E-state index contributed by atoms with van der Waals surface area (Å²) in [5.41, 5.74) is 0.821. The first-order valence-electron chi connectivity index (χ1n) is 14.5. The Bertz CT molecular complexity index is 1800. The van der Waals surface area contributed by atoms with Gasteiger partial charge in [-0.2, -0.15) is 0 Å². The van der Waals surface area contributed by atoms with E-state index in [2.05, 4.69) is 10.3 Å². The third-order valence-electron chi connectivity index (χ3n) is 7.53. The molecule has 6 rings (SSSR count). The van der Waals surface area contributed by atoms with Crippen LogP contribution in [0, 0.1) is 11.6 Å². The number of thiazole rings is 1. The minimum absolute atomic E-state index is 0.0134. The van der Waals surface area contributed by atoms with Gasteiger partial charge in [0.1, 0.15) is 11.6 Å². The molecule has 2 heterocycles. The lowest BCUT2D eigenvalue weighted by Crippen LogP contribution is -2.35. The zero-order valence-corrected chi connectivity index (χ0v) is 25.6. The van der Waals surface area contributed by atoms with E-state index in [4.69, 9.17) is 9.47 Å². The van der Waals surface area contributed by atoms with Gasteiger partial charge in [-0.05, 0) is 80.6 Å². The van der Waals surface area contributed by atoms with Crippen LogP contribution in [-0.4, -0.2) is 48.5 Å². The highest BCUT2D eigenvalue weighted by Gasteiger charge is 2.37. The van der Waals surface area contributed by atoms with Crippen molar-refractivity contribution in [2.24, 2.45) is 0 Å². The van der Waals surface area contributed by atoms with Crippen LogP contribution in [0.3, 0.4) is 0 Å². The van der Waals surface area contributed by atoms with E-state index in [0.29, 0.717) is 35.3 Å². The van der Waals surface area contributed by atoms with Crippen LogP contribution in [0.2, 0.25) is 0 Å². The molecule has 1 atom stereocenters. The third kappa shape index (κ3) is 7.15. The summed E-state index contributed by atoms with van der Waals surface area (Å²) in [7, 11) is -3.47. The maximum Gasteiger partial charge on any atom is 0.271 e. The molecule has 1 N–H and O–H groups in total. The molecule has 2 aliphatic rings. The molecule has 1 aliphatic carbocycles. The van der Waals surface area contributed by atoms with Crippen molar-refractivity contribution >= 4 is 38.1 Å². The quantitative estimate of drug-likeness (QED) is 0.207. The highest BCUT2D eigenvalue weighted by molar-refractivity contribution is 7.92. The summed E-state index contributed by atoms with van der Waals surface area (Å²) in [6.07, 6.45) is 4.33. The predicted molar refractivity (Wildman–Crippen MR) is 163 cm³/mol. The van der Waals surface area contributed by atoms with Gasteiger partial charge in [0, 0.05) is 30.3 Å². The molecular weight excluding hydrogens is 624 g/mol. The molecule has 4 aromatic rings. The number of carbonyl (C=O) groups is 2. The van der Waals surface area contributed by atoms with Crippen LogP contribution in [0.1, 0.15) is 54.1 Å². The van der Waals surface area contributed by atoms with E-state index in [1.54, 1.807) is 24.3 Å². The summed E-state index contributed by atoms with van der Waals surface area (Å²) >= 11 is 1.03. The average Bonchev–Trinajstić information content (AvgIpc) is 3.83. The Hall–Kier alpha value is -4.36. The number of benzene rings is 3. The highest BCUT2D eigenvalue weighted by atomic mass is 32.2. The van der Waals surface area contributed by atoms with Crippen molar-refractivity contribution < 1.29 is 36.3 Å². The van der Waals surface area contributed by atoms with E-state index >= 15 is 0 Å². The second-order valence-corrected chi connectivity index (χ2v) is 14.1. The van der Waals surface area contributed by atoms with Gasteiger partial charge in [0.25, 0.3) is 11.8 Å². The molecule has 13 heteroatoms. The van der Waals surface area contributed by atoms with E-state index in [0.717, 1.165) is 55.8 Å². The Labute approximate surface area is 262 Å². The van der Waals surface area contributed by atoms with Crippen molar-refractivity contribution in [2.75, 3.05) is 18.4 Å². The number of piperidine rings is 1. The van der Waals surface area contributed by atoms with Gasteiger partial charge in [-0.1, -0.05) is 23.5 Å². The zero-order valence-electron chi connectivity index (χ0n) is 23.9. The molecule has 0 spiro atoms. The Balaban J connectivity index is 1.16. The molecule has 9 nitrogen and oxygen atoms in total. The fourth-order valence-corrected chi connectivity index (χ4v) is 7.32. The first kappa shape index (κ1) is 30.7. The number of carbonyl (C=O) groups excluding carboxylic acids is 2. The van der Waals surface area contributed by atoms with E-state index in [-0.39, 0.29) is 27.2 Å². The zero-order chi connectivity index (χ0) is 31.6. The summed E-state index contributed by atoms with van der Waals surface area (Å²) in [6, 6.07) is 15.1. The molecule has 1 aliphatic heterocycles. The van der Waals surface area contributed by atoms with Gasteiger partial charge in [-0.15, -0.1) is 0 Å². The Morgan fingerprint density at radius 1 is 0.956 bits per heavy atom. The van der Waals surface area contributed by atoms with Gasteiger partial charge in [-0.3, -0.25) is 14.9 Å². The Morgan fingerprint density at radius 2 is 1.67 bits per heavy atom. The minimum atomic E-state index is -3.47. The van der Waals surface area contributed by atoms with Gasteiger partial charge >= 0.3 is 0 Å². The molecule has 3 aromatic carbocycles. The Morgan fingerprint density at radius 3 is 2.33 bits per heavy atom. The average molecular weight is 654 g/mol. The number of nitrogens with zero attached hydrogens (tertiary/aromatic N) is 2. The summed E-state index contributed by atoms with van der Waals surface area (Å²) in [5, 5.41) is 2.74. The van der Waals surface area contributed by atoms with Gasteiger partial charge < -0.3 is 14.4 Å². The molecule has 2 amide bonds. The number of ether oxygens (including phenoxy) is 2. The van der Waals surface area contributed by atoms with Crippen LogP contribution in [0.15, 0.2) is 77.8 Å². The molecule has 2 fully saturated rings. The highest BCUT2D eigenvalue weighted by Crippen LogP contribution is 2.35. The van der Waals surface area contributed by atoms with E-state index < -0.39 is 38.7 Å². The molecule has 234 valence electrons. The standard InChI is InChI=1S/C32H29F2N3O6S2/c33-22-8-15-27(26(34)18-22)43-29(20-6-11-24(12-7-20)45(40,41)25-13-14-25)30(38)36-32-35-19-28(44-32)42-23-9-4-21(5-10-23)31(39)37-16-2-1-3-17-37/h4-12,15,18-19,25,29H,1-3,13-14,16-17H2,(H,35,36,38). The lowest BCUT2D eigenvalue weighted by atomic mass is 10.1. The van der Waals surface area contributed by atoms with E-state index in [9.17, 15) is 26.8 Å². The van der Waals surface area contributed by atoms with Crippen molar-refractivity contribution in [1.82, 2.24) is 9.88 Å². The molecule has 1 aromatic heterocycles. The number of hydrogen-bond donors (Lipinski definition) is 1. The second kappa shape index (κ2) is 12.9. The fraction of sp³-hybridized carbons (Fsp3) is 0.281. The summed E-state index contributed by atoms with van der Waals surface area (Å²) in [4.78, 5) is 32.3. The number of anilines is 1. The van der Waals surface area contributed by atoms with Crippen LogP contribution in [0.5, 0.6) is 16.6 Å². The SMILES string of the molecule is O=C(Nc1ncc(Oc2ccc(C(=O)N3CCCCC3)cc2)s1)C(Oc1ccc(F)cc1F)c1ccc(S(=O)(=O)C2CC2)cc1. The van der Waals surface area contributed by atoms with Crippen LogP contribution in [-0.2, 0) is 14.6 Å². The molecule has 1 saturated heterocycles. The van der Waals surface area contributed by atoms with E-state index in [1.807, 2.05) is 4.90 Å². The van der Waals surface area contributed by atoms with Crippen LogP contribution in [0.25, 0.3) is 0 Å². The number of rotatable bonds is 10.